The fraction of sp³-hybridized carbons (Fsp3) is 0.375. The normalized spacial score (nSPS) is 16.2. The molecule has 0 unspecified atom stereocenters. The van der Waals surface area contributed by atoms with Crippen LogP contribution in [0.4, 0.5) is 5.82 Å². The molecule has 0 atom stereocenters. The van der Waals surface area contributed by atoms with Gasteiger partial charge in [0.25, 0.3) is 0 Å². The van der Waals surface area contributed by atoms with Crippen LogP contribution in [0, 0.1) is 6.92 Å². The van der Waals surface area contributed by atoms with Gasteiger partial charge in [0.2, 0.25) is 0 Å². The number of hydrogen-bond donors (Lipinski definition) is 0. The quantitative estimate of drug-likeness (QED) is 0.873. The molecule has 1 aromatic heterocycles. The number of aromatic nitrogens is 2. The van der Waals surface area contributed by atoms with Crippen molar-refractivity contribution < 1.29 is 0 Å². The molecule has 110 valence electrons. The summed E-state index contributed by atoms with van der Waals surface area (Å²) in [4.78, 5) is 4.74. The first kappa shape index (κ1) is 14.3. The maximum Gasteiger partial charge on any atom is 0.151 e. The van der Waals surface area contributed by atoms with Gasteiger partial charge >= 0.3 is 0 Å². The van der Waals surface area contributed by atoms with Crippen LogP contribution in [0.5, 0.6) is 0 Å². The van der Waals surface area contributed by atoms with Gasteiger partial charge in [0.15, 0.2) is 5.82 Å². The summed E-state index contributed by atoms with van der Waals surface area (Å²) in [5.74, 6) is 0.975. The lowest BCUT2D eigenvalue weighted by Crippen LogP contribution is -2.46. The lowest BCUT2D eigenvalue weighted by molar-refractivity contribution is 0.249. The molecular formula is C16H19ClN4. The number of nitrogens with zero attached hydrogens (tertiary/aromatic N) is 4. The number of rotatable bonds is 3. The molecule has 0 N–H and O–H groups in total. The lowest BCUT2D eigenvalue weighted by Gasteiger charge is -2.35. The predicted molar refractivity (Wildman–Crippen MR) is 85.7 cm³/mol. The summed E-state index contributed by atoms with van der Waals surface area (Å²) < 4.78 is 0. The van der Waals surface area contributed by atoms with E-state index in [1.807, 2.05) is 31.2 Å². The van der Waals surface area contributed by atoms with Gasteiger partial charge in [-0.25, -0.2) is 0 Å². The Balaban J connectivity index is 1.56. The molecule has 4 nitrogen and oxygen atoms in total. The van der Waals surface area contributed by atoms with E-state index in [9.17, 15) is 0 Å². The zero-order valence-electron chi connectivity index (χ0n) is 12.2. The highest BCUT2D eigenvalue weighted by atomic mass is 35.5. The first-order valence-corrected chi connectivity index (χ1v) is 7.60. The van der Waals surface area contributed by atoms with Crippen molar-refractivity contribution in [3.05, 3.63) is 52.7 Å². The predicted octanol–water partition coefficient (Wildman–Crippen LogP) is 2.76. The maximum absolute atomic E-state index is 6.04. The summed E-state index contributed by atoms with van der Waals surface area (Å²) in [6, 6.07) is 12.2. The Labute approximate surface area is 130 Å². The summed E-state index contributed by atoms with van der Waals surface area (Å²) in [6.07, 6.45) is 0. The highest BCUT2D eigenvalue weighted by Crippen LogP contribution is 2.16. The number of piperazine rings is 1. The molecule has 1 fully saturated rings. The zero-order chi connectivity index (χ0) is 14.7. The van der Waals surface area contributed by atoms with E-state index < -0.39 is 0 Å². The molecule has 3 rings (SSSR count). The van der Waals surface area contributed by atoms with E-state index in [-0.39, 0.29) is 0 Å². The van der Waals surface area contributed by atoms with Crippen LogP contribution in [-0.4, -0.2) is 41.3 Å². The van der Waals surface area contributed by atoms with E-state index in [0.29, 0.717) is 0 Å². The van der Waals surface area contributed by atoms with Crippen LogP contribution in [0.2, 0.25) is 5.02 Å². The average Bonchev–Trinajstić information content (AvgIpc) is 2.49. The first-order valence-electron chi connectivity index (χ1n) is 7.23. The van der Waals surface area contributed by atoms with E-state index in [0.717, 1.165) is 49.3 Å². The van der Waals surface area contributed by atoms with Gasteiger partial charge in [-0.2, -0.15) is 5.10 Å². The zero-order valence-corrected chi connectivity index (χ0v) is 12.9. The largest absolute Gasteiger partial charge is 0.353 e. The van der Waals surface area contributed by atoms with Gasteiger partial charge in [-0.05, 0) is 36.8 Å². The van der Waals surface area contributed by atoms with Crippen LogP contribution in [0.25, 0.3) is 0 Å². The number of hydrogen-bond acceptors (Lipinski definition) is 4. The van der Waals surface area contributed by atoms with Crippen LogP contribution in [0.3, 0.4) is 0 Å². The molecule has 21 heavy (non-hydrogen) atoms. The molecule has 2 aromatic rings. The summed E-state index contributed by atoms with van der Waals surface area (Å²) in [5.41, 5.74) is 2.23. The van der Waals surface area contributed by atoms with Crippen LogP contribution < -0.4 is 4.90 Å². The fourth-order valence-electron chi connectivity index (χ4n) is 2.59. The second kappa shape index (κ2) is 6.41. The van der Waals surface area contributed by atoms with Crippen molar-refractivity contribution in [3.8, 4) is 0 Å². The Morgan fingerprint density at radius 1 is 1.05 bits per heavy atom. The number of halogens is 1. The molecule has 0 bridgehead atoms. The topological polar surface area (TPSA) is 32.3 Å². The molecule has 0 amide bonds. The first-order chi connectivity index (χ1) is 10.2. The minimum Gasteiger partial charge on any atom is -0.353 e. The number of anilines is 1. The van der Waals surface area contributed by atoms with Crippen molar-refractivity contribution in [2.24, 2.45) is 0 Å². The smallest absolute Gasteiger partial charge is 0.151 e. The molecule has 1 aromatic carbocycles. The van der Waals surface area contributed by atoms with Crippen molar-refractivity contribution in [1.29, 1.82) is 0 Å². The number of aryl methyl sites for hydroxylation is 1. The molecule has 2 heterocycles. The maximum atomic E-state index is 6.04. The van der Waals surface area contributed by atoms with E-state index in [2.05, 4.69) is 32.1 Å². The van der Waals surface area contributed by atoms with Gasteiger partial charge in [-0.1, -0.05) is 23.7 Å². The van der Waals surface area contributed by atoms with Crippen LogP contribution >= 0.6 is 11.6 Å². The molecule has 1 aliphatic rings. The molecule has 0 aliphatic carbocycles. The van der Waals surface area contributed by atoms with Gasteiger partial charge in [0, 0.05) is 37.7 Å². The SMILES string of the molecule is Cc1ccc(N2CCN(Cc3cccc(Cl)c3)CC2)nn1. The van der Waals surface area contributed by atoms with Gasteiger partial charge in [0.05, 0.1) is 5.69 Å². The van der Waals surface area contributed by atoms with Crippen molar-refractivity contribution in [2.75, 3.05) is 31.1 Å². The summed E-state index contributed by atoms with van der Waals surface area (Å²) in [6.45, 7) is 6.94. The number of benzene rings is 1. The lowest BCUT2D eigenvalue weighted by atomic mass is 10.2. The standard InChI is InChI=1S/C16H19ClN4/c1-13-5-6-16(19-18-13)21-9-7-20(8-10-21)12-14-3-2-4-15(17)11-14/h2-6,11H,7-10,12H2,1H3. The van der Waals surface area contributed by atoms with Crippen molar-refractivity contribution >= 4 is 17.4 Å². The molecule has 0 saturated carbocycles. The molecule has 0 radical (unpaired) electrons. The third-order valence-electron chi connectivity index (χ3n) is 3.78. The van der Waals surface area contributed by atoms with Gasteiger partial charge in [-0.3, -0.25) is 4.90 Å². The van der Waals surface area contributed by atoms with Crippen LogP contribution in [0.1, 0.15) is 11.3 Å². The third-order valence-corrected chi connectivity index (χ3v) is 4.01. The fourth-order valence-corrected chi connectivity index (χ4v) is 2.80. The second-order valence-corrected chi connectivity index (χ2v) is 5.86. The van der Waals surface area contributed by atoms with Crippen molar-refractivity contribution in [2.45, 2.75) is 13.5 Å². The Morgan fingerprint density at radius 3 is 2.52 bits per heavy atom. The van der Waals surface area contributed by atoms with Crippen molar-refractivity contribution in [3.63, 3.8) is 0 Å². The molecular weight excluding hydrogens is 284 g/mol. The van der Waals surface area contributed by atoms with E-state index in [1.165, 1.54) is 5.56 Å². The molecule has 5 heteroatoms. The van der Waals surface area contributed by atoms with Gasteiger partial charge in [-0.15, -0.1) is 5.10 Å². The Bertz CT molecular complexity index is 591. The van der Waals surface area contributed by atoms with E-state index in [4.69, 9.17) is 11.6 Å². The third kappa shape index (κ3) is 3.71. The van der Waals surface area contributed by atoms with Crippen LogP contribution in [-0.2, 0) is 6.54 Å². The van der Waals surface area contributed by atoms with Gasteiger partial charge < -0.3 is 4.90 Å². The highest BCUT2D eigenvalue weighted by Gasteiger charge is 2.18. The summed E-state index contributed by atoms with van der Waals surface area (Å²) in [7, 11) is 0. The van der Waals surface area contributed by atoms with Crippen molar-refractivity contribution in [1.82, 2.24) is 15.1 Å². The Hall–Kier alpha value is -1.65. The average molecular weight is 303 g/mol. The van der Waals surface area contributed by atoms with Crippen LogP contribution in [0.15, 0.2) is 36.4 Å². The summed E-state index contributed by atoms with van der Waals surface area (Å²) in [5, 5.41) is 9.20. The van der Waals surface area contributed by atoms with Gasteiger partial charge in [0.1, 0.15) is 0 Å². The van der Waals surface area contributed by atoms with E-state index >= 15 is 0 Å². The summed E-state index contributed by atoms with van der Waals surface area (Å²) >= 11 is 6.04. The molecule has 1 saturated heterocycles. The minimum absolute atomic E-state index is 0.807. The second-order valence-electron chi connectivity index (χ2n) is 5.43. The van der Waals surface area contributed by atoms with E-state index in [1.54, 1.807) is 0 Å². The highest BCUT2D eigenvalue weighted by molar-refractivity contribution is 6.30. The Morgan fingerprint density at radius 2 is 1.86 bits per heavy atom. The molecule has 1 aliphatic heterocycles. The Kier molecular flexibility index (Phi) is 4.36. The molecule has 0 spiro atoms. The minimum atomic E-state index is 0.807. The monoisotopic (exact) mass is 302 g/mol.